The molecule has 0 spiro atoms. The van der Waals surface area contributed by atoms with Gasteiger partial charge in [-0.1, -0.05) is 6.42 Å². The number of carboxylic acids is 1. The van der Waals surface area contributed by atoms with Gasteiger partial charge in [0, 0.05) is 30.8 Å². The Kier molecular flexibility index (Phi) is 8.73. The van der Waals surface area contributed by atoms with Gasteiger partial charge in [0.05, 0.1) is 12.0 Å². The van der Waals surface area contributed by atoms with Gasteiger partial charge in [0.25, 0.3) is 17.1 Å². The number of benzene rings is 1. The fraction of sp³-hybridized carbons (Fsp3) is 0.500. The fourth-order valence-electron chi connectivity index (χ4n) is 7.07. The largest absolute Gasteiger partial charge is 0.493 e. The zero-order valence-corrected chi connectivity index (χ0v) is 25.3. The summed E-state index contributed by atoms with van der Waals surface area (Å²) in [7, 11) is 1.48. The molecule has 3 unspecified atom stereocenters. The summed E-state index contributed by atoms with van der Waals surface area (Å²) in [6, 6.07) is 6.08. The van der Waals surface area contributed by atoms with E-state index in [-0.39, 0.29) is 36.2 Å². The monoisotopic (exact) mass is 624 g/mol. The molecule has 1 aromatic heterocycles. The number of likely N-dealkylation sites (tertiary alicyclic amines) is 1. The Morgan fingerprint density at radius 1 is 1.14 bits per heavy atom. The third-order valence-electron chi connectivity index (χ3n) is 9.22. The van der Waals surface area contributed by atoms with Crippen LogP contribution in [-0.4, -0.2) is 82.0 Å². The lowest BCUT2D eigenvalue weighted by molar-refractivity contribution is -0.149. The minimum atomic E-state index is -1.03. The molecule has 2 bridgehead atoms. The first-order chi connectivity index (χ1) is 21.3. The van der Waals surface area contributed by atoms with Crippen LogP contribution >= 0.6 is 11.8 Å². The van der Waals surface area contributed by atoms with Crippen LogP contribution in [0.1, 0.15) is 56.3 Å². The lowest BCUT2D eigenvalue weighted by Crippen LogP contribution is -2.42. The van der Waals surface area contributed by atoms with Crippen molar-refractivity contribution in [2.45, 2.75) is 63.5 Å². The molecule has 11 nitrogen and oxygen atoms in total. The molecule has 6 rings (SSSR count). The molecule has 2 saturated heterocycles. The number of thioether (sulfide) groups is 1. The number of aryl methyl sites for hydroxylation is 1. The number of furan rings is 1. The van der Waals surface area contributed by atoms with E-state index in [4.69, 9.17) is 13.9 Å². The van der Waals surface area contributed by atoms with Gasteiger partial charge < -0.3 is 29.0 Å². The maximum atomic E-state index is 13.4. The molecule has 44 heavy (non-hydrogen) atoms. The summed E-state index contributed by atoms with van der Waals surface area (Å²) in [5, 5.41) is 18.7. The number of aliphatic hydroxyl groups is 1. The molecule has 2 aliphatic carbocycles. The van der Waals surface area contributed by atoms with Crippen LogP contribution in [0, 0.1) is 11.8 Å². The summed E-state index contributed by atoms with van der Waals surface area (Å²) in [5.41, 5.74) is 1.40. The SMILES string of the molecule is COc1ccc(-c2cc(CCCO)c(C=C3SC(=O)N(C4CC5CCC4C5)C3=O)o2)cc1OCC(=O)N1CCC[C@H]1C(=O)O. The van der Waals surface area contributed by atoms with Crippen molar-refractivity contribution in [3.63, 3.8) is 0 Å². The van der Waals surface area contributed by atoms with Gasteiger partial charge in [0.1, 0.15) is 17.6 Å². The van der Waals surface area contributed by atoms with Gasteiger partial charge in [-0.25, -0.2) is 4.79 Å². The Balaban J connectivity index is 1.23. The number of hydrogen-bond acceptors (Lipinski definition) is 9. The summed E-state index contributed by atoms with van der Waals surface area (Å²) in [6.45, 7) is -0.00809. The standard InChI is InChI=1S/C32H36N2O9S/c1-41-24-9-8-21(15-27(24)42-17-29(36)33-10-2-5-22(33)31(38)39)25-14-20(4-3-11-35)26(43-25)16-28-30(37)34(32(40)44-28)23-13-18-6-7-19(23)12-18/h8-9,14-16,18-19,22-23,35H,2-7,10-13,17H2,1H3,(H,38,39)/t18?,19?,22-,23?/m0/s1. The molecule has 12 heteroatoms. The molecular formula is C32H36N2O9S. The number of hydrogen-bond donors (Lipinski definition) is 2. The number of imide groups is 1. The number of nitrogens with zero attached hydrogens (tertiary/aromatic N) is 2. The summed E-state index contributed by atoms with van der Waals surface area (Å²) in [6.07, 6.45) is 7.84. The Labute approximate surface area is 259 Å². The van der Waals surface area contributed by atoms with Gasteiger partial charge in [0.2, 0.25) is 0 Å². The molecule has 234 valence electrons. The van der Waals surface area contributed by atoms with E-state index in [2.05, 4.69) is 0 Å². The number of methoxy groups -OCH3 is 1. The Hall–Kier alpha value is -3.77. The fourth-order valence-corrected chi connectivity index (χ4v) is 7.93. The quantitative estimate of drug-likeness (QED) is 0.341. The number of carbonyl (C=O) groups excluding carboxylic acids is 3. The van der Waals surface area contributed by atoms with Crippen molar-refractivity contribution < 1.29 is 43.3 Å². The molecule has 2 aliphatic heterocycles. The van der Waals surface area contributed by atoms with Crippen LogP contribution in [-0.2, 0) is 20.8 Å². The van der Waals surface area contributed by atoms with Crippen LogP contribution in [0.4, 0.5) is 4.79 Å². The van der Waals surface area contributed by atoms with Crippen LogP contribution < -0.4 is 9.47 Å². The Morgan fingerprint density at radius 2 is 1.98 bits per heavy atom. The molecular weight excluding hydrogens is 588 g/mol. The average Bonchev–Trinajstić information content (AvgIpc) is 3.85. The van der Waals surface area contributed by atoms with Gasteiger partial charge in [-0.15, -0.1) is 0 Å². The van der Waals surface area contributed by atoms with Crippen molar-refractivity contribution in [2.75, 3.05) is 26.9 Å². The highest BCUT2D eigenvalue weighted by atomic mass is 32.2. The number of carboxylic acid groups (broad SMARTS) is 1. The summed E-state index contributed by atoms with van der Waals surface area (Å²) in [4.78, 5) is 53.8. The van der Waals surface area contributed by atoms with Crippen LogP contribution in [0.5, 0.6) is 11.5 Å². The predicted molar refractivity (Wildman–Crippen MR) is 161 cm³/mol. The highest BCUT2D eigenvalue weighted by molar-refractivity contribution is 8.18. The topological polar surface area (TPSA) is 147 Å². The number of fused-ring (bicyclic) bond motifs is 2. The van der Waals surface area contributed by atoms with Crippen molar-refractivity contribution in [1.82, 2.24) is 9.80 Å². The zero-order chi connectivity index (χ0) is 31.0. The van der Waals surface area contributed by atoms with E-state index in [0.29, 0.717) is 71.8 Å². The molecule has 0 radical (unpaired) electrons. The van der Waals surface area contributed by atoms with Crippen molar-refractivity contribution >= 4 is 40.9 Å². The number of amides is 3. The van der Waals surface area contributed by atoms with Gasteiger partial charge >= 0.3 is 5.97 Å². The molecule has 2 saturated carbocycles. The van der Waals surface area contributed by atoms with Gasteiger partial charge in [-0.3, -0.25) is 19.3 Å². The molecule has 2 N–H and O–H groups in total. The van der Waals surface area contributed by atoms with E-state index < -0.39 is 17.9 Å². The van der Waals surface area contributed by atoms with Crippen LogP contribution in [0.25, 0.3) is 17.4 Å². The predicted octanol–water partition coefficient (Wildman–Crippen LogP) is 4.56. The Bertz CT molecular complexity index is 1500. The number of aliphatic carboxylic acids is 1. The van der Waals surface area contributed by atoms with E-state index in [1.807, 2.05) is 6.07 Å². The second-order valence-corrected chi connectivity index (χ2v) is 12.9. The summed E-state index contributed by atoms with van der Waals surface area (Å²) in [5.74, 6) is 0.834. The van der Waals surface area contributed by atoms with Crippen LogP contribution in [0.2, 0.25) is 0 Å². The van der Waals surface area contributed by atoms with E-state index in [9.17, 15) is 29.4 Å². The smallest absolute Gasteiger partial charge is 0.326 e. The van der Waals surface area contributed by atoms with E-state index in [1.165, 1.54) is 23.3 Å². The van der Waals surface area contributed by atoms with Crippen molar-refractivity contribution in [3.8, 4) is 22.8 Å². The number of ether oxygens (including phenoxy) is 2. The second kappa shape index (κ2) is 12.7. The average molecular weight is 625 g/mol. The number of rotatable bonds is 11. The lowest BCUT2D eigenvalue weighted by atomic mass is 9.94. The summed E-state index contributed by atoms with van der Waals surface area (Å²) >= 11 is 0.937. The van der Waals surface area contributed by atoms with Crippen molar-refractivity contribution in [1.29, 1.82) is 0 Å². The van der Waals surface area contributed by atoms with Crippen LogP contribution in [0.15, 0.2) is 33.6 Å². The number of carbonyl (C=O) groups is 4. The number of aliphatic hydroxyl groups excluding tert-OH is 1. The maximum absolute atomic E-state index is 13.4. The molecule has 3 heterocycles. The molecule has 1 aromatic carbocycles. The third kappa shape index (κ3) is 5.84. The van der Waals surface area contributed by atoms with E-state index in [0.717, 1.165) is 36.6 Å². The Morgan fingerprint density at radius 3 is 2.68 bits per heavy atom. The first-order valence-corrected chi connectivity index (χ1v) is 15.9. The molecule has 4 fully saturated rings. The second-order valence-electron chi connectivity index (χ2n) is 11.9. The highest BCUT2D eigenvalue weighted by Gasteiger charge is 2.49. The van der Waals surface area contributed by atoms with Crippen LogP contribution in [0.3, 0.4) is 0 Å². The van der Waals surface area contributed by atoms with Gasteiger partial charge in [-0.2, -0.15) is 0 Å². The first kappa shape index (κ1) is 30.3. The molecule has 4 atom stereocenters. The zero-order valence-electron chi connectivity index (χ0n) is 24.5. The van der Waals surface area contributed by atoms with Crippen molar-refractivity contribution in [3.05, 3.63) is 40.5 Å². The first-order valence-electron chi connectivity index (χ1n) is 15.1. The third-order valence-corrected chi connectivity index (χ3v) is 10.1. The molecule has 3 amide bonds. The normalized spacial score (nSPS) is 25.5. The van der Waals surface area contributed by atoms with E-state index in [1.54, 1.807) is 24.3 Å². The minimum Gasteiger partial charge on any atom is -0.493 e. The molecule has 2 aromatic rings. The maximum Gasteiger partial charge on any atom is 0.326 e. The van der Waals surface area contributed by atoms with E-state index >= 15 is 0 Å². The molecule has 4 aliphatic rings. The minimum absolute atomic E-state index is 0.0188. The van der Waals surface area contributed by atoms with Gasteiger partial charge in [-0.05, 0) is 98.4 Å². The highest BCUT2D eigenvalue weighted by Crippen LogP contribution is 2.49. The lowest BCUT2D eigenvalue weighted by Gasteiger charge is -2.28. The van der Waals surface area contributed by atoms with Crippen molar-refractivity contribution in [2.24, 2.45) is 11.8 Å². The van der Waals surface area contributed by atoms with Gasteiger partial charge in [0.15, 0.2) is 18.1 Å². The summed E-state index contributed by atoms with van der Waals surface area (Å²) < 4.78 is 17.5.